The summed E-state index contributed by atoms with van der Waals surface area (Å²) < 4.78 is 6.88. The molecule has 23 heavy (non-hydrogen) atoms. The van der Waals surface area contributed by atoms with Gasteiger partial charge in [0.2, 0.25) is 0 Å². The lowest BCUT2D eigenvalue weighted by Gasteiger charge is -2.32. The molecule has 0 saturated carbocycles. The van der Waals surface area contributed by atoms with Crippen molar-refractivity contribution in [3.05, 3.63) is 35.9 Å². The lowest BCUT2D eigenvalue weighted by Crippen LogP contribution is -2.33. The van der Waals surface area contributed by atoms with E-state index in [4.69, 9.17) is 4.74 Å². The van der Waals surface area contributed by atoms with Crippen LogP contribution >= 0.6 is 16.1 Å². The third-order valence-electron chi connectivity index (χ3n) is 3.82. The van der Waals surface area contributed by atoms with Crippen LogP contribution in [0.3, 0.4) is 0 Å². The molecule has 3 nitrogen and oxygen atoms in total. The molecule has 1 rings (SSSR count). The van der Waals surface area contributed by atoms with Gasteiger partial charge in [-0.2, -0.15) is 0 Å². The second kappa shape index (κ2) is 8.18. The molecule has 0 fully saturated rings. The quantitative estimate of drug-likeness (QED) is 0.598. The van der Waals surface area contributed by atoms with Crippen molar-refractivity contribution in [2.45, 2.75) is 60.0 Å². The van der Waals surface area contributed by atoms with Crippen molar-refractivity contribution in [2.75, 3.05) is 6.54 Å². The maximum absolute atomic E-state index is 12.0. The number of carbonyl (C=O) groups excluding carboxylic acids is 1. The molecular formula is C19H30BrNO2. The van der Waals surface area contributed by atoms with E-state index in [1.54, 1.807) is 0 Å². The molecule has 1 unspecified atom stereocenters. The van der Waals surface area contributed by atoms with Crippen LogP contribution in [0.25, 0.3) is 0 Å². The molecule has 1 aromatic carbocycles. The van der Waals surface area contributed by atoms with Gasteiger partial charge in [0.25, 0.3) is 0 Å². The normalized spacial score (nSPS) is 13.5. The summed E-state index contributed by atoms with van der Waals surface area (Å²) in [6, 6.07) is 10.5. The molecule has 0 saturated heterocycles. The average molecular weight is 384 g/mol. The third-order valence-corrected chi connectivity index (χ3v) is 4.46. The van der Waals surface area contributed by atoms with E-state index >= 15 is 0 Å². The van der Waals surface area contributed by atoms with E-state index < -0.39 is 5.60 Å². The van der Waals surface area contributed by atoms with E-state index in [0.29, 0.717) is 12.5 Å². The topological polar surface area (TPSA) is 29.5 Å². The summed E-state index contributed by atoms with van der Waals surface area (Å²) in [7, 11) is 0. The Balaban J connectivity index is 2.63. The second-order valence-electron chi connectivity index (χ2n) is 8.11. The Labute approximate surface area is 149 Å². The zero-order valence-electron chi connectivity index (χ0n) is 15.2. The fourth-order valence-electron chi connectivity index (χ4n) is 2.41. The Morgan fingerprint density at radius 3 is 2.17 bits per heavy atom. The second-order valence-corrected chi connectivity index (χ2v) is 8.96. The van der Waals surface area contributed by atoms with Gasteiger partial charge in [0.1, 0.15) is 5.60 Å². The number of amides is 1. The summed E-state index contributed by atoms with van der Waals surface area (Å²) in [5.74, 6) is 0.479. The van der Waals surface area contributed by atoms with Crippen LogP contribution in [0.1, 0.15) is 53.5 Å². The van der Waals surface area contributed by atoms with Crippen molar-refractivity contribution in [1.29, 1.82) is 0 Å². The standard InChI is InChI=1S/C19H30BrNO2/c1-18(2,3)16(14-15-10-8-7-9-11-15)12-13-21(20)17(22)23-19(4,5)6/h7-11,16H,12-14H2,1-6H3. The molecule has 0 heterocycles. The fourth-order valence-corrected chi connectivity index (χ4v) is 2.69. The first-order valence-electron chi connectivity index (χ1n) is 8.19. The van der Waals surface area contributed by atoms with E-state index in [0.717, 1.165) is 12.8 Å². The molecule has 0 aliphatic carbocycles. The van der Waals surface area contributed by atoms with E-state index in [2.05, 4.69) is 61.2 Å². The molecule has 130 valence electrons. The highest BCUT2D eigenvalue weighted by Gasteiger charge is 2.27. The molecular weight excluding hydrogens is 354 g/mol. The number of halogens is 1. The van der Waals surface area contributed by atoms with Crippen molar-refractivity contribution in [3.8, 4) is 0 Å². The summed E-state index contributed by atoms with van der Waals surface area (Å²) in [6.07, 6.45) is 1.60. The molecule has 1 amide bonds. The lowest BCUT2D eigenvalue weighted by atomic mass is 9.75. The van der Waals surface area contributed by atoms with Gasteiger partial charge in [-0.15, -0.1) is 0 Å². The molecule has 1 aromatic rings. The first kappa shape index (κ1) is 20.0. The van der Waals surface area contributed by atoms with Gasteiger partial charge < -0.3 is 4.74 Å². The van der Waals surface area contributed by atoms with Crippen molar-refractivity contribution in [2.24, 2.45) is 11.3 Å². The van der Waals surface area contributed by atoms with Crippen molar-refractivity contribution < 1.29 is 9.53 Å². The summed E-state index contributed by atoms with van der Waals surface area (Å²) in [4.78, 5) is 12.0. The number of benzene rings is 1. The number of rotatable bonds is 5. The highest BCUT2D eigenvalue weighted by molar-refractivity contribution is 9.07. The minimum absolute atomic E-state index is 0.178. The largest absolute Gasteiger partial charge is 0.443 e. The molecule has 0 N–H and O–H groups in total. The van der Waals surface area contributed by atoms with Crippen LogP contribution in [0.15, 0.2) is 30.3 Å². The number of hydrogen-bond donors (Lipinski definition) is 0. The van der Waals surface area contributed by atoms with E-state index in [9.17, 15) is 4.79 Å². The lowest BCUT2D eigenvalue weighted by molar-refractivity contribution is 0.0402. The van der Waals surface area contributed by atoms with Gasteiger partial charge in [0.05, 0.1) is 16.1 Å². The summed E-state index contributed by atoms with van der Waals surface area (Å²) in [5, 5.41) is 0. The van der Waals surface area contributed by atoms with Crippen LogP contribution < -0.4 is 0 Å². The van der Waals surface area contributed by atoms with Crippen LogP contribution in [-0.2, 0) is 11.2 Å². The Morgan fingerprint density at radius 1 is 1.13 bits per heavy atom. The minimum Gasteiger partial charge on any atom is -0.443 e. The Bertz CT molecular complexity index is 488. The maximum Gasteiger partial charge on any atom is 0.420 e. The average Bonchev–Trinajstić information content (AvgIpc) is 2.41. The molecule has 0 radical (unpaired) electrons. The van der Waals surface area contributed by atoms with Gasteiger partial charge in [0.15, 0.2) is 0 Å². The SMILES string of the molecule is CC(C)(C)OC(=O)N(Br)CCC(Cc1ccccc1)C(C)(C)C. The van der Waals surface area contributed by atoms with Gasteiger partial charge >= 0.3 is 6.09 Å². The highest BCUT2D eigenvalue weighted by atomic mass is 79.9. The highest BCUT2D eigenvalue weighted by Crippen LogP contribution is 2.32. The number of carbonyl (C=O) groups is 1. The Morgan fingerprint density at radius 2 is 1.70 bits per heavy atom. The van der Waals surface area contributed by atoms with Crippen LogP contribution in [0.4, 0.5) is 4.79 Å². The van der Waals surface area contributed by atoms with Crippen LogP contribution in [0.2, 0.25) is 0 Å². The number of ether oxygens (including phenoxy) is 1. The zero-order chi connectivity index (χ0) is 17.7. The Kier molecular flexibility index (Phi) is 7.12. The number of hydrogen-bond acceptors (Lipinski definition) is 2. The smallest absolute Gasteiger partial charge is 0.420 e. The van der Waals surface area contributed by atoms with Crippen LogP contribution in [0, 0.1) is 11.3 Å². The predicted molar refractivity (Wildman–Crippen MR) is 99.6 cm³/mol. The van der Waals surface area contributed by atoms with Gasteiger partial charge in [-0.25, -0.2) is 8.72 Å². The molecule has 0 aromatic heterocycles. The molecule has 0 aliphatic heterocycles. The van der Waals surface area contributed by atoms with Gasteiger partial charge in [-0.1, -0.05) is 51.1 Å². The maximum atomic E-state index is 12.0. The Hall–Kier alpha value is -1.03. The van der Waals surface area contributed by atoms with Crippen LogP contribution in [0.5, 0.6) is 0 Å². The molecule has 1 atom stereocenters. The van der Waals surface area contributed by atoms with Crippen molar-refractivity contribution in [3.63, 3.8) is 0 Å². The first-order valence-corrected chi connectivity index (χ1v) is 8.90. The summed E-state index contributed by atoms with van der Waals surface area (Å²) in [5.41, 5.74) is 1.04. The third kappa shape index (κ3) is 7.87. The number of nitrogens with zero attached hydrogens (tertiary/aromatic N) is 1. The predicted octanol–water partition coefficient (Wildman–Crippen LogP) is 5.83. The minimum atomic E-state index is -0.476. The zero-order valence-corrected chi connectivity index (χ0v) is 16.8. The van der Waals surface area contributed by atoms with E-state index in [1.807, 2.05) is 26.8 Å². The van der Waals surface area contributed by atoms with Crippen LogP contribution in [-0.4, -0.2) is 22.2 Å². The fraction of sp³-hybridized carbons (Fsp3) is 0.632. The van der Waals surface area contributed by atoms with E-state index in [-0.39, 0.29) is 11.5 Å². The summed E-state index contributed by atoms with van der Waals surface area (Å²) >= 11 is 3.34. The molecule has 0 spiro atoms. The molecule has 4 heteroatoms. The van der Waals surface area contributed by atoms with Crippen molar-refractivity contribution in [1.82, 2.24) is 3.93 Å². The monoisotopic (exact) mass is 383 g/mol. The summed E-state index contributed by atoms with van der Waals surface area (Å²) in [6.45, 7) is 13.0. The van der Waals surface area contributed by atoms with Gasteiger partial charge in [-0.05, 0) is 50.5 Å². The van der Waals surface area contributed by atoms with Gasteiger partial charge in [-0.3, -0.25) is 0 Å². The van der Waals surface area contributed by atoms with E-state index in [1.165, 1.54) is 9.49 Å². The van der Waals surface area contributed by atoms with Gasteiger partial charge in [0, 0.05) is 6.54 Å². The molecule has 0 aliphatic rings. The van der Waals surface area contributed by atoms with Crippen molar-refractivity contribution >= 4 is 22.2 Å². The first-order chi connectivity index (χ1) is 10.5. The molecule has 0 bridgehead atoms.